The Labute approximate surface area is 304 Å². The summed E-state index contributed by atoms with van der Waals surface area (Å²) < 4.78 is 10.6. The van der Waals surface area contributed by atoms with E-state index >= 15 is 0 Å². The van der Waals surface area contributed by atoms with Gasteiger partial charge in [-0.2, -0.15) is 17.2 Å². The van der Waals surface area contributed by atoms with Crippen molar-refractivity contribution in [2.75, 3.05) is 0 Å². The van der Waals surface area contributed by atoms with Crippen molar-refractivity contribution < 1.29 is 25.8 Å². The fourth-order valence-corrected chi connectivity index (χ4v) is 6.50. The van der Waals surface area contributed by atoms with E-state index in [1.165, 1.54) is 16.5 Å². The Morgan fingerprint density at radius 1 is 0.816 bits per heavy atom. The summed E-state index contributed by atoms with van der Waals surface area (Å²) in [6.07, 6.45) is 4.06. The standard InChI is InChI=1S/C43H42N4O.Pt/c1-28(2)33-21-23-44-41(25-33)46-39-19-16-31(20-22-43(5,6)7)24-38(39)37-18-17-36(27-40(37)46)48-35-15-11-14-34(26-35)47-30(4)42(29(3)45-47)32-12-9-8-10-13-32;/h8-19,21,23-25,28H,20,22H2,1-7H3;/q-2;+2. The van der Waals surface area contributed by atoms with E-state index in [9.17, 15) is 0 Å². The monoisotopic (exact) mass is 825 g/mol. The number of aromatic nitrogens is 4. The van der Waals surface area contributed by atoms with E-state index in [0.717, 1.165) is 63.3 Å². The summed E-state index contributed by atoms with van der Waals surface area (Å²) in [4.78, 5) is 4.84. The number of aryl methyl sites for hydroxylation is 2. The Morgan fingerprint density at radius 2 is 1.59 bits per heavy atom. The number of ether oxygens (including phenoxy) is 1. The fraction of sp³-hybridized carbons (Fsp3) is 0.256. The van der Waals surface area contributed by atoms with Gasteiger partial charge in [0.25, 0.3) is 0 Å². The fourth-order valence-electron chi connectivity index (χ4n) is 6.50. The Kier molecular flexibility index (Phi) is 9.69. The molecule has 0 spiro atoms. The second-order valence-electron chi connectivity index (χ2n) is 14.3. The number of rotatable bonds is 8. The molecule has 5 nitrogen and oxygen atoms in total. The minimum Gasteiger partial charge on any atom is -0.509 e. The molecule has 0 radical (unpaired) electrons. The van der Waals surface area contributed by atoms with E-state index in [1.54, 1.807) is 0 Å². The van der Waals surface area contributed by atoms with Gasteiger partial charge in [0, 0.05) is 34.5 Å². The molecule has 49 heavy (non-hydrogen) atoms. The predicted molar refractivity (Wildman–Crippen MR) is 197 cm³/mol. The van der Waals surface area contributed by atoms with Gasteiger partial charge < -0.3 is 9.30 Å². The molecule has 3 heterocycles. The molecule has 0 saturated heterocycles. The van der Waals surface area contributed by atoms with Crippen LogP contribution < -0.4 is 4.74 Å². The van der Waals surface area contributed by atoms with Crippen LogP contribution in [0, 0.1) is 31.4 Å². The Balaban J connectivity index is 0.00000417. The van der Waals surface area contributed by atoms with Gasteiger partial charge in [0.15, 0.2) is 0 Å². The van der Waals surface area contributed by atoms with Crippen LogP contribution >= 0.6 is 0 Å². The molecule has 0 N–H and O–H groups in total. The number of fused-ring (bicyclic) bond motifs is 3. The van der Waals surface area contributed by atoms with Crippen molar-refractivity contribution in [3.63, 3.8) is 0 Å². The van der Waals surface area contributed by atoms with Gasteiger partial charge in [-0.25, -0.2) is 4.98 Å². The third-order valence-electron chi connectivity index (χ3n) is 9.10. The largest absolute Gasteiger partial charge is 2.00 e. The number of pyridine rings is 1. The summed E-state index contributed by atoms with van der Waals surface area (Å²) in [6, 6.07) is 38.7. The van der Waals surface area contributed by atoms with Gasteiger partial charge in [0.1, 0.15) is 5.82 Å². The van der Waals surface area contributed by atoms with Crippen LogP contribution in [0.15, 0.2) is 97.2 Å². The summed E-state index contributed by atoms with van der Waals surface area (Å²) in [5.41, 5.74) is 10.1. The molecule has 3 aromatic heterocycles. The van der Waals surface area contributed by atoms with Gasteiger partial charge in [-0.05, 0) is 84.0 Å². The third kappa shape index (κ3) is 7.00. The minimum absolute atomic E-state index is 0. The molecular weight excluding hydrogens is 784 g/mol. The average molecular weight is 826 g/mol. The average Bonchev–Trinajstić information content (AvgIpc) is 3.56. The zero-order valence-corrected chi connectivity index (χ0v) is 31.5. The second-order valence-corrected chi connectivity index (χ2v) is 14.3. The normalized spacial score (nSPS) is 11.8. The molecule has 0 fully saturated rings. The summed E-state index contributed by atoms with van der Waals surface area (Å²) in [6.45, 7) is 15.5. The van der Waals surface area contributed by atoms with E-state index in [1.807, 2.05) is 41.2 Å². The zero-order valence-electron chi connectivity index (χ0n) is 29.2. The maximum absolute atomic E-state index is 6.47. The SMILES string of the molecule is Cc1nn(-c2[c-]c(Oc3[c-]c4c(cc3)c3cc(CCC(C)(C)C)ccc3n4-c3cc(C(C)C)ccn3)ccc2)c(C)c1-c1ccccc1.[Pt+2]. The maximum Gasteiger partial charge on any atom is 2.00 e. The molecule has 7 aromatic rings. The topological polar surface area (TPSA) is 44.9 Å². The van der Waals surface area contributed by atoms with Crippen LogP contribution in [0.4, 0.5) is 0 Å². The van der Waals surface area contributed by atoms with Crippen molar-refractivity contribution >= 4 is 21.8 Å². The molecule has 0 bridgehead atoms. The van der Waals surface area contributed by atoms with E-state index in [0.29, 0.717) is 17.4 Å². The van der Waals surface area contributed by atoms with Crippen LogP contribution in [-0.2, 0) is 27.5 Å². The molecule has 0 saturated carbocycles. The Hall–Kier alpha value is -4.47. The summed E-state index contributed by atoms with van der Waals surface area (Å²) >= 11 is 0. The van der Waals surface area contributed by atoms with Crippen LogP contribution in [0.5, 0.6) is 11.5 Å². The second kappa shape index (κ2) is 13.8. The van der Waals surface area contributed by atoms with Crippen LogP contribution in [0.3, 0.4) is 0 Å². The minimum atomic E-state index is 0. The van der Waals surface area contributed by atoms with E-state index in [-0.39, 0.29) is 26.5 Å². The van der Waals surface area contributed by atoms with Gasteiger partial charge in [0.05, 0.1) is 5.69 Å². The summed E-state index contributed by atoms with van der Waals surface area (Å²) in [7, 11) is 0. The molecule has 0 aliphatic carbocycles. The van der Waals surface area contributed by atoms with Crippen molar-refractivity contribution in [1.82, 2.24) is 19.3 Å². The summed E-state index contributed by atoms with van der Waals surface area (Å²) in [5, 5.41) is 7.20. The molecule has 0 atom stereocenters. The van der Waals surface area contributed by atoms with Gasteiger partial charge in [-0.1, -0.05) is 82.6 Å². The van der Waals surface area contributed by atoms with Gasteiger partial charge >= 0.3 is 21.1 Å². The molecule has 6 heteroatoms. The molecule has 0 aliphatic rings. The third-order valence-corrected chi connectivity index (χ3v) is 9.10. The Morgan fingerprint density at radius 3 is 2.35 bits per heavy atom. The van der Waals surface area contributed by atoms with Crippen LogP contribution in [-0.4, -0.2) is 19.3 Å². The van der Waals surface area contributed by atoms with E-state index in [4.69, 9.17) is 14.8 Å². The first-order chi connectivity index (χ1) is 23.1. The van der Waals surface area contributed by atoms with Crippen molar-refractivity contribution in [3.05, 3.63) is 132 Å². The molecule has 7 rings (SSSR count). The first kappa shape index (κ1) is 34.4. The maximum atomic E-state index is 6.47. The van der Waals surface area contributed by atoms with E-state index in [2.05, 4.69) is 126 Å². The smallest absolute Gasteiger partial charge is 0.509 e. The van der Waals surface area contributed by atoms with Crippen molar-refractivity contribution in [3.8, 4) is 34.1 Å². The van der Waals surface area contributed by atoms with Crippen molar-refractivity contribution in [1.29, 1.82) is 0 Å². The van der Waals surface area contributed by atoms with Crippen LogP contribution in [0.25, 0.3) is 44.4 Å². The van der Waals surface area contributed by atoms with Crippen molar-refractivity contribution in [2.45, 2.75) is 67.2 Å². The molecule has 0 amide bonds. The van der Waals surface area contributed by atoms with E-state index < -0.39 is 0 Å². The Bertz CT molecular complexity index is 2260. The van der Waals surface area contributed by atoms with Gasteiger partial charge in [-0.3, -0.25) is 4.68 Å². The van der Waals surface area contributed by atoms with Crippen molar-refractivity contribution in [2.24, 2.45) is 5.41 Å². The molecule has 0 unspecified atom stereocenters. The van der Waals surface area contributed by atoms with Crippen LogP contribution in [0.1, 0.15) is 69.5 Å². The van der Waals surface area contributed by atoms with Gasteiger partial charge in [0.2, 0.25) is 0 Å². The molecule has 250 valence electrons. The quantitative estimate of drug-likeness (QED) is 0.143. The van der Waals surface area contributed by atoms with Crippen LogP contribution in [0.2, 0.25) is 0 Å². The number of hydrogen-bond acceptors (Lipinski definition) is 3. The predicted octanol–water partition coefficient (Wildman–Crippen LogP) is 11.1. The molecule has 4 aromatic carbocycles. The summed E-state index contributed by atoms with van der Waals surface area (Å²) in [5.74, 6) is 2.49. The molecular formula is C43H42N4OPt. The first-order valence-corrected chi connectivity index (χ1v) is 16.8. The first-order valence-electron chi connectivity index (χ1n) is 16.8. The number of benzene rings is 4. The molecule has 0 aliphatic heterocycles. The number of hydrogen-bond donors (Lipinski definition) is 0. The van der Waals surface area contributed by atoms with Gasteiger partial charge in [-0.15, -0.1) is 35.7 Å². The number of nitrogens with zero attached hydrogens (tertiary/aromatic N) is 4. The zero-order chi connectivity index (χ0) is 33.6.